The van der Waals surface area contributed by atoms with Crippen LogP contribution in [0.5, 0.6) is 0 Å². The third-order valence-electron chi connectivity index (χ3n) is 3.85. The van der Waals surface area contributed by atoms with Crippen LogP contribution in [0, 0.1) is 0 Å². The molecule has 1 aliphatic heterocycles. The van der Waals surface area contributed by atoms with Crippen LogP contribution in [0.3, 0.4) is 0 Å². The smallest absolute Gasteiger partial charge is 0.186 e. The molecule has 1 aromatic carbocycles. The van der Waals surface area contributed by atoms with Gasteiger partial charge in [-0.2, -0.15) is 0 Å². The number of aliphatic hydroxyl groups is 5. The van der Waals surface area contributed by atoms with Crippen molar-refractivity contribution in [3.8, 4) is 0 Å². The molecule has 0 saturated carbocycles. The van der Waals surface area contributed by atoms with E-state index in [4.69, 9.17) is 14.6 Å². The summed E-state index contributed by atoms with van der Waals surface area (Å²) in [5.41, 5.74) is 1.08. The van der Waals surface area contributed by atoms with Crippen LogP contribution in [0.25, 0.3) is 0 Å². The quantitative estimate of drug-likeness (QED) is 0.318. The zero-order valence-electron chi connectivity index (χ0n) is 13.2. The van der Waals surface area contributed by atoms with Gasteiger partial charge in [0.1, 0.15) is 24.4 Å². The molecule has 0 bridgehead atoms. The van der Waals surface area contributed by atoms with Crippen molar-refractivity contribution in [2.24, 2.45) is 0 Å². The number of ether oxygens (including phenoxy) is 2. The summed E-state index contributed by atoms with van der Waals surface area (Å²) >= 11 is 0. The summed E-state index contributed by atoms with van der Waals surface area (Å²) < 4.78 is 10.5. The largest absolute Gasteiger partial charge is 0.394 e. The van der Waals surface area contributed by atoms with Gasteiger partial charge in [0.25, 0.3) is 0 Å². The standard InChI is InChI=1S/C16H25NO7/c18-8-12-13(20)14(21)15(22)16(24-12)23-9-11(19)7-17-6-10-4-2-1-3-5-10/h1-5,11-22H,6-9H2/t11?,12-,13-,14+,15-,16-/m1/s1. The fourth-order valence-corrected chi connectivity index (χ4v) is 2.45. The van der Waals surface area contributed by atoms with Gasteiger partial charge in [-0.25, -0.2) is 0 Å². The van der Waals surface area contributed by atoms with Crippen LogP contribution in [0.2, 0.25) is 0 Å². The molecule has 6 atom stereocenters. The number of benzene rings is 1. The molecule has 1 fully saturated rings. The first-order valence-electron chi connectivity index (χ1n) is 7.87. The van der Waals surface area contributed by atoms with Crippen molar-refractivity contribution in [1.29, 1.82) is 0 Å². The Labute approximate surface area is 140 Å². The average Bonchev–Trinajstić information content (AvgIpc) is 2.60. The molecule has 2 rings (SSSR count). The maximum atomic E-state index is 9.90. The van der Waals surface area contributed by atoms with E-state index in [1.807, 2.05) is 30.3 Å². The SMILES string of the molecule is OC[C@H]1O[C@@H](OCC(O)CNCc2ccccc2)[C@H](O)[C@@H](O)[C@@H]1O. The predicted octanol–water partition coefficient (Wildman–Crippen LogP) is -2.05. The lowest BCUT2D eigenvalue weighted by Crippen LogP contribution is -2.59. The zero-order valence-corrected chi connectivity index (χ0v) is 13.2. The summed E-state index contributed by atoms with van der Waals surface area (Å²) in [5, 5.41) is 51.2. The number of nitrogens with one attached hydrogen (secondary N) is 1. The molecule has 0 aliphatic carbocycles. The maximum Gasteiger partial charge on any atom is 0.186 e. The minimum Gasteiger partial charge on any atom is -0.394 e. The molecule has 0 radical (unpaired) electrons. The highest BCUT2D eigenvalue weighted by atomic mass is 16.7. The van der Waals surface area contributed by atoms with E-state index < -0.39 is 43.4 Å². The van der Waals surface area contributed by atoms with Crippen molar-refractivity contribution in [2.45, 2.75) is 43.4 Å². The van der Waals surface area contributed by atoms with Crippen molar-refractivity contribution in [3.05, 3.63) is 35.9 Å². The van der Waals surface area contributed by atoms with Crippen LogP contribution in [-0.4, -0.2) is 82.1 Å². The first-order valence-corrected chi connectivity index (χ1v) is 7.87. The average molecular weight is 343 g/mol. The third-order valence-corrected chi connectivity index (χ3v) is 3.85. The summed E-state index contributed by atoms with van der Waals surface area (Å²) in [5.74, 6) is 0. The lowest BCUT2D eigenvalue weighted by molar-refractivity contribution is -0.304. The minimum absolute atomic E-state index is 0.134. The Balaban J connectivity index is 1.71. The highest BCUT2D eigenvalue weighted by Gasteiger charge is 2.44. The van der Waals surface area contributed by atoms with E-state index >= 15 is 0 Å². The normalized spacial score (nSPS) is 31.8. The lowest BCUT2D eigenvalue weighted by Gasteiger charge is -2.39. The second-order valence-electron chi connectivity index (χ2n) is 5.80. The Kier molecular flexibility index (Phi) is 7.53. The van der Waals surface area contributed by atoms with Crippen LogP contribution in [0.15, 0.2) is 30.3 Å². The molecule has 0 spiro atoms. The van der Waals surface area contributed by atoms with Crippen LogP contribution < -0.4 is 5.32 Å². The molecule has 6 N–H and O–H groups in total. The Hall–Kier alpha value is -1.10. The first-order chi connectivity index (χ1) is 11.5. The number of hydrogen-bond donors (Lipinski definition) is 6. The first kappa shape index (κ1) is 19.2. The maximum absolute atomic E-state index is 9.90. The van der Waals surface area contributed by atoms with E-state index in [0.29, 0.717) is 6.54 Å². The molecular formula is C16H25NO7. The van der Waals surface area contributed by atoms with E-state index in [1.54, 1.807) is 0 Å². The monoisotopic (exact) mass is 343 g/mol. The van der Waals surface area contributed by atoms with Gasteiger partial charge in [-0.3, -0.25) is 0 Å². The summed E-state index contributed by atoms with van der Waals surface area (Å²) in [7, 11) is 0. The van der Waals surface area contributed by atoms with Gasteiger partial charge in [-0.15, -0.1) is 0 Å². The summed E-state index contributed by atoms with van der Waals surface area (Å²) in [6.07, 6.45) is -7.49. The molecule has 1 unspecified atom stereocenters. The molecule has 1 heterocycles. The highest BCUT2D eigenvalue weighted by Crippen LogP contribution is 2.21. The van der Waals surface area contributed by atoms with Gasteiger partial charge in [0.15, 0.2) is 6.29 Å². The molecule has 0 amide bonds. The number of aliphatic hydroxyl groups excluding tert-OH is 5. The minimum atomic E-state index is -1.49. The molecule has 24 heavy (non-hydrogen) atoms. The van der Waals surface area contributed by atoms with Crippen LogP contribution >= 0.6 is 0 Å². The van der Waals surface area contributed by atoms with Gasteiger partial charge in [0.05, 0.1) is 19.3 Å². The lowest BCUT2D eigenvalue weighted by atomic mass is 9.99. The molecule has 1 aliphatic rings. The van der Waals surface area contributed by atoms with Crippen LogP contribution in [-0.2, 0) is 16.0 Å². The van der Waals surface area contributed by atoms with E-state index in [2.05, 4.69) is 5.32 Å². The molecule has 0 aromatic heterocycles. The van der Waals surface area contributed by atoms with Gasteiger partial charge in [-0.05, 0) is 5.56 Å². The topological polar surface area (TPSA) is 132 Å². The Morgan fingerprint density at radius 2 is 1.79 bits per heavy atom. The van der Waals surface area contributed by atoms with Crippen molar-refractivity contribution in [1.82, 2.24) is 5.32 Å². The van der Waals surface area contributed by atoms with E-state index in [0.717, 1.165) is 5.56 Å². The van der Waals surface area contributed by atoms with Gasteiger partial charge in [0.2, 0.25) is 0 Å². The van der Waals surface area contributed by atoms with E-state index in [9.17, 15) is 20.4 Å². The number of hydrogen-bond acceptors (Lipinski definition) is 8. The number of rotatable bonds is 8. The summed E-state index contributed by atoms with van der Waals surface area (Å²) in [6, 6.07) is 9.70. The fourth-order valence-electron chi connectivity index (χ4n) is 2.45. The summed E-state index contributed by atoms with van der Waals surface area (Å²) in [4.78, 5) is 0. The van der Waals surface area contributed by atoms with Gasteiger partial charge in [-0.1, -0.05) is 30.3 Å². The molecule has 1 aromatic rings. The van der Waals surface area contributed by atoms with E-state index in [1.165, 1.54) is 0 Å². The Morgan fingerprint density at radius 3 is 2.46 bits per heavy atom. The van der Waals surface area contributed by atoms with Crippen molar-refractivity contribution >= 4 is 0 Å². The third kappa shape index (κ3) is 5.20. The molecule has 8 heteroatoms. The second-order valence-corrected chi connectivity index (χ2v) is 5.80. The van der Waals surface area contributed by atoms with Crippen molar-refractivity contribution in [2.75, 3.05) is 19.8 Å². The summed E-state index contributed by atoms with van der Waals surface area (Å²) in [6.45, 7) is 0.209. The Bertz CT molecular complexity index is 473. The van der Waals surface area contributed by atoms with Crippen LogP contribution in [0.4, 0.5) is 0 Å². The van der Waals surface area contributed by atoms with E-state index in [-0.39, 0.29) is 13.2 Å². The molecule has 1 saturated heterocycles. The highest BCUT2D eigenvalue weighted by molar-refractivity contribution is 5.14. The Morgan fingerprint density at radius 1 is 1.08 bits per heavy atom. The van der Waals surface area contributed by atoms with Gasteiger partial charge >= 0.3 is 0 Å². The zero-order chi connectivity index (χ0) is 17.5. The molecule has 8 nitrogen and oxygen atoms in total. The van der Waals surface area contributed by atoms with Crippen LogP contribution in [0.1, 0.15) is 5.56 Å². The molecular weight excluding hydrogens is 318 g/mol. The fraction of sp³-hybridized carbons (Fsp3) is 0.625. The van der Waals surface area contributed by atoms with Crippen molar-refractivity contribution < 1.29 is 35.0 Å². The predicted molar refractivity (Wildman–Crippen MR) is 83.9 cm³/mol. The van der Waals surface area contributed by atoms with Gasteiger partial charge in [0, 0.05) is 13.1 Å². The van der Waals surface area contributed by atoms with Crippen molar-refractivity contribution in [3.63, 3.8) is 0 Å². The molecule has 136 valence electrons. The van der Waals surface area contributed by atoms with Gasteiger partial charge < -0.3 is 40.3 Å². The second kappa shape index (κ2) is 9.40.